The van der Waals surface area contributed by atoms with Gasteiger partial charge in [-0.25, -0.2) is 0 Å². The summed E-state index contributed by atoms with van der Waals surface area (Å²) in [5.74, 6) is -0.301. The van der Waals surface area contributed by atoms with Crippen molar-refractivity contribution in [3.8, 4) is 11.5 Å². The molecule has 1 aliphatic heterocycles. The van der Waals surface area contributed by atoms with Crippen molar-refractivity contribution in [1.29, 1.82) is 0 Å². The molecule has 1 aliphatic rings. The quantitative estimate of drug-likeness (QED) is 0.758. The Labute approximate surface area is 164 Å². The van der Waals surface area contributed by atoms with Crippen LogP contribution in [0, 0.1) is 12.8 Å². The molecule has 0 aromatic heterocycles. The zero-order valence-corrected chi connectivity index (χ0v) is 16.2. The third kappa shape index (κ3) is 4.63. The fourth-order valence-corrected chi connectivity index (χ4v) is 3.33. The largest absolute Gasteiger partial charge is 0.493 e. The molecule has 1 fully saturated rings. The number of rotatable bonds is 8. The Morgan fingerprint density at radius 2 is 2.00 bits per heavy atom. The summed E-state index contributed by atoms with van der Waals surface area (Å²) < 4.78 is 11.4. The summed E-state index contributed by atoms with van der Waals surface area (Å²) >= 11 is 0. The number of carboxylic acids is 1. The van der Waals surface area contributed by atoms with Crippen LogP contribution in [0.4, 0.5) is 0 Å². The number of ether oxygens (including phenoxy) is 2. The normalized spacial score (nSPS) is 16.3. The van der Waals surface area contributed by atoms with Crippen LogP contribution in [0.5, 0.6) is 11.5 Å². The van der Waals surface area contributed by atoms with Crippen LogP contribution < -0.4 is 9.47 Å². The zero-order valence-electron chi connectivity index (χ0n) is 16.2. The van der Waals surface area contributed by atoms with Crippen LogP contribution >= 0.6 is 0 Å². The molecule has 0 saturated carbocycles. The van der Waals surface area contributed by atoms with Crippen molar-refractivity contribution < 1.29 is 24.2 Å². The van der Waals surface area contributed by atoms with Crippen LogP contribution in [0.1, 0.15) is 23.1 Å². The van der Waals surface area contributed by atoms with Gasteiger partial charge in [0.1, 0.15) is 6.61 Å². The molecular formula is C22H25NO5. The maximum absolute atomic E-state index is 12.0. The highest BCUT2D eigenvalue weighted by atomic mass is 16.5. The SMILES string of the molecule is COc1cc(CCN2CC(C(=O)O)CC2=O)ccc1OCc1ccccc1C. The number of carbonyl (C=O) groups is 2. The minimum absolute atomic E-state index is 0.0876. The number of aliphatic carboxylic acids is 1. The molecule has 28 heavy (non-hydrogen) atoms. The third-order valence-electron chi connectivity index (χ3n) is 5.11. The minimum atomic E-state index is -0.910. The molecule has 0 aliphatic carbocycles. The van der Waals surface area contributed by atoms with Crippen LogP contribution in [-0.2, 0) is 22.6 Å². The Hall–Kier alpha value is -3.02. The molecule has 1 saturated heterocycles. The lowest BCUT2D eigenvalue weighted by Gasteiger charge is -2.17. The van der Waals surface area contributed by atoms with Gasteiger partial charge in [0.05, 0.1) is 13.0 Å². The molecule has 1 amide bonds. The van der Waals surface area contributed by atoms with E-state index in [-0.39, 0.29) is 18.9 Å². The summed E-state index contributed by atoms with van der Waals surface area (Å²) in [7, 11) is 1.60. The highest BCUT2D eigenvalue weighted by molar-refractivity contribution is 5.86. The maximum Gasteiger partial charge on any atom is 0.308 e. The van der Waals surface area contributed by atoms with Gasteiger partial charge in [0.25, 0.3) is 0 Å². The number of aryl methyl sites for hydroxylation is 1. The van der Waals surface area contributed by atoms with Crippen molar-refractivity contribution in [2.24, 2.45) is 5.92 Å². The number of hydrogen-bond donors (Lipinski definition) is 1. The molecule has 1 N–H and O–H groups in total. The lowest BCUT2D eigenvalue weighted by Crippen LogP contribution is -2.28. The summed E-state index contributed by atoms with van der Waals surface area (Å²) in [5.41, 5.74) is 3.30. The van der Waals surface area contributed by atoms with E-state index in [0.29, 0.717) is 31.1 Å². The molecule has 0 spiro atoms. The highest BCUT2D eigenvalue weighted by Gasteiger charge is 2.33. The first-order valence-corrected chi connectivity index (χ1v) is 9.32. The predicted octanol–water partition coefficient (Wildman–Crippen LogP) is 3.06. The number of methoxy groups -OCH3 is 1. The van der Waals surface area contributed by atoms with E-state index in [0.717, 1.165) is 11.1 Å². The van der Waals surface area contributed by atoms with E-state index in [2.05, 4.69) is 0 Å². The fourth-order valence-electron chi connectivity index (χ4n) is 3.33. The number of carbonyl (C=O) groups excluding carboxylic acids is 1. The molecule has 1 atom stereocenters. The van der Waals surface area contributed by atoms with Crippen LogP contribution in [0.2, 0.25) is 0 Å². The van der Waals surface area contributed by atoms with Crippen molar-refractivity contribution in [3.05, 3.63) is 59.2 Å². The Balaban J connectivity index is 1.61. The molecule has 6 heteroatoms. The number of amides is 1. The first-order valence-electron chi connectivity index (χ1n) is 9.32. The Morgan fingerprint density at radius 3 is 2.68 bits per heavy atom. The standard InChI is InChI=1S/C22H25NO5/c1-15-5-3-4-6-17(15)14-28-19-8-7-16(11-20(19)27-2)9-10-23-13-18(22(25)26)12-21(23)24/h3-8,11,18H,9-10,12-14H2,1-2H3,(H,25,26). The van der Waals surface area contributed by atoms with Crippen LogP contribution in [0.25, 0.3) is 0 Å². The molecule has 2 aromatic rings. The minimum Gasteiger partial charge on any atom is -0.493 e. The Morgan fingerprint density at radius 1 is 1.21 bits per heavy atom. The first-order chi connectivity index (χ1) is 13.5. The number of likely N-dealkylation sites (tertiary alicyclic amines) is 1. The molecular weight excluding hydrogens is 358 g/mol. The molecule has 0 bridgehead atoms. The van der Waals surface area contributed by atoms with E-state index in [1.54, 1.807) is 12.0 Å². The van der Waals surface area contributed by atoms with Crippen molar-refractivity contribution in [1.82, 2.24) is 4.90 Å². The lowest BCUT2D eigenvalue weighted by molar-refractivity contribution is -0.141. The second-order valence-corrected chi connectivity index (χ2v) is 7.03. The van der Waals surface area contributed by atoms with Crippen molar-refractivity contribution in [2.45, 2.75) is 26.4 Å². The first kappa shape index (κ1) is 19.7. The lowest BCUT2D eigenvalue weighted by atomic mass is 10.1. The maximum atomic E-state index is 12.0. The molecule has 1 heterocycles. The van der Waals surface area contributed by atoms with E-state index in [9.17, 15) is 9.59 Å². The van der Waals surface area contributed by atoms with Gasteiger partial charge >= 0.3 is 5.97 Å². The molecule has 1 unspecified atom stereocenters. The van der Waals surface area contributed by atoms with Gasteiger partial charge in [-0.1, -0.05) is 30.3 Å². The molecule has 3 rings (SSSR count). The van der Waals surface area contributed by atoms with Gasteiger partial charge in [-0.2, -0.15) is 0 Å². The summed E-state index contributed by atoms with van der Waals surface area (Å²) in [6.07, 6.45) is 0.719. The third-order valence-corrected chi connectivity index (χ3v) is 5.11. The van der Waals surface area contributed by atoms with Crippen molar-refractivity contribution in [3.63, 3.8) is 0 Å². The van der Waals surface area contributed by atoms with Crippen molar-refractivity contribution in [2.75, 3.05) is 20.2 Å². The summed E-state index contributed by atoms with van der Waals surface area (Å²) in [4.78, 5) is 24.6. The summed E-state index contributed by atoms with van der Waals surface area (Å²) in [5, 5.41) is 9.07. The van der Waals surface area contributed by atoms with E-state index < -0.39 is 11.9 Å². The number of nitrogens with zero attached hydrogens (tertiary/aromatic N) is 1. The van der Waals surface area contributed by atoms with Crippen LogP contribution in [0.15, 0.2) is 42.5 Å². The van der Waals surface area contributed by atoms with Crippen molar-refractivity contribution >= 4 is 11.9 Å². The van der Waals surface area contributed by atoms with Crippen LogP contribution in [0.3, 0.4) is 0 Å². The second-order valence-electron chi connectivity index (χ2n) is 7.03. The van der Waals surface area contributed by atoms with E-state index in [4.69, 9.17) is 14.6 Å². The summed E-state index contributed by atoms with van der Waals surface area (Å²) in [6, 6.07) is 13.8. The second kappa shape index (κ2) is 8.78. The topological polar surface area (TPSA) is 76.1 Å². The Bertz CT molecular complexity index is 864. The van der Waals surface area contributed by atoms with Gasteiger partial charge in [-0.15, -0.1) is 0 Å². The zero-order chi connectivity index (χ0) is 20.1. The monoisotopic (exact) mass is 383 g/mol. The van der Waals surface area contributed by atoms with E-state index >= 15 is 0 Å². The summed E-state index contributed by atoms with van der Waals surface area (Å²) in [6.45, 7) is 3.28. The number of hydrogen-bond acceptors (Lipinski definition) is 4. The molecule has 2 aromatic carbocycles. The van der Waals surface area contributed by atoms with Gasteiger partial charge in [-0.3, -0.25) is 9.59 Å². The molecule has 148 valence electrons. The molecule has 0 radical (unpaired) electrons. The molecule has 6 nitrogen and oxygen atoms in total. The average Bonchev–Trinajstić information content (AvgIpc) is 3.07. The average molecular weight is 383 g/mol. The van der Waals surface area contributed by atoms with E-state index in [1.807, 2.05) is 49.4 Å². The van der Waals surface area contributed by atoms with Gasteiger partial charge in [-0.05, 0) is 42.2 Å². The highest BCUT2D eigenvalue weighted by Crippen LogP contribution is 2.29. The predicted molar refractivity (Wildman–Crippen MR) is 105 cm³/mol. The van der Waals surface area contributed by atoms with Gasteiger partial charge < -0.3 is 19.5 Å². The van der Waals surface area contributed by atoms with Gasteiger partial charge in [0.15, 0.2) is 11.5 Å². The van der Waals surface area contributed by atoms with Gasteiger partial charge in [0, 0.05) is 19.5 Å². The number of benzene rings is 2. The fraction of sp³-hybridized carbons (Fsp3) is 0.364. The number of carboxylic acid groups (broad SMARTS) is 1. The smallest absolute Gasteiger partial charge is 0.308 e. The van der Waals surface area contributed by atoms with E-state index in [1.165, 1.54) is 5.56 Å². The van der Waals surface area contributed by atoms with Gasteiger partial charge in [0.2, 0.25) is 5.91 Å². The van der Waals surface area contributed by atoms with Crippen LogP contribution in [-0.4, -0.2) is 42.1 Å². The Kier molecular flexibility index (Phi) is 6.19.